The van der Waals surface area contributed by atoms with Crippen molar-refractivity contribution in [2.24, 2.45) is 5.92 Å². The van der Waals surface area contributed by atoms with Gasteiger partial charge in [-0.1, -0.05) is 18.2 Å². The summed E-state index contributed by atoms with van der Waals surface area (Å²) in [5.74, 6) is 2.16. The van der Waals surface area contributed by atoms with E-state index >= 15 is 0 Å². The number of halogens is 2. The molecule has 0 spiro atoms. The fraction of sp³-hybridized carbons (Fsp3) is 0.440. The standard InChI is InChI=1S/C25H29F2N3O3/c1-14(26)18-7-5-6-17(24(18)27)12-28-25-19-10-22(33-23(13-31-3)16-8-9-16)21(32-4)11-20(19)29-15(2)30-25/h5-7,10-11,14,16,23H,8-9,12-13H2,1-4H3,(H,28,29,30). The number of hydrogen-bond donors (Lipinski definition) is 1. The molecule has 8 heteroatoms. The van der Waals surface area contributed by atoms with Gasteiger partial charge in [0, 0.05) is 36.2 Å². The van der Waals surface area contributed by atoms with Gasteiger partial charge in [0.15, 0.2) is 11.5 Å². The predicted octanol–water partition coefficient (Wildman–Crippen LogP) is 5.53. The summed E-state index contributed by atoms with van der Waals surface area (Å²) in [6.07, 6.45) is 0.775. The molecule has 0 saturated heterocycles. The molecular formula is C25H29F2N3O3. The van der Waals surface area contributed by atoms with Gasteiger partial charge in [0.05, 0.1) is 19.2 Å². The topological polar surface area (TPSA) is 65.5 Å². The Hall–Kier alpha value is -3.00. The minimum absolute atomic E-state index is 0.0442. The summed E-state index contributed by atoms with van der Waals surface area (Å²) in [5, 5.41) is 3.92. The second kappa shape index (κ2) is 9.87. The molecule has 1 aliphatic rings. The number of methoxy groups -OCH3 is 2. The quantitative estimate of drug-likeness (QED) is 0.432. The third-order valence-electron chi connectivity index (χ3n) is 5.83. The van der Waals surface area contributed by atoms with E-state index in [-0.39, 0.29) is 18.2 Å². The lowest BCUT2D eigenvalue weighted by Gasteiger charge is -2.20. The van der Waals surface area contributed by atoms with Crippen molar-refractivity contribution in [3.63, 3.8) is 0 Å². The average Bonchev–Trinajstić information content (AvgIpc) is 3.63. The first-order valence-corrected chi connectivity index (χ1v) is 11.1. The van der Waals surface area contributed by atoms with Crippen molar-refractivity contribution in [2.45, 2.75) is 45.5 Å². The van der Waals surface area contributed by atoms with Gasteiger partial charge in [0.25, 0.3) is 0 Å². The number of alkyl halides is 1. The van der Waals surface area contributed by atoms with Gasteiger partial charge >= 0.3 is 0 Å². The molecule has 4 rings (SSSR count). The van der Waals surface area contributed by atoms with Crippen LogP contribution < -0.4 is 14.8 Å². The van der Waals surface area contributed by atoms with Crippen molar-refractivity contribution in [3.05, 3.63) is 53.1 Å². The first-order chi connectivity index (χ1) is 15.9. The highest BCUT2D eigenvalue weighted by Crippen LogP contribution is 2.39. The number of anilines is 1. The Morgan fingerprint density at radius 2 is 1.94 bits per heavy atom. The molecular weight excluding hydrogens is 428 g/mol. The zero-order valence-electron chi connectivity index (χ0n) is 19.3. The summed E-state index contributed by atoms with van der Waals surface area (Å²) >= 11 is 0. The Bertz CT molecular complexity index is 1140. The molecule has 0 aliphatic heterocycles. The molecule has 3 aromatic rings. The Balaban J connectivity index is 1.67. The number of aryl methyl sites for hydroxylation is 1. The van der Waals surface area contributed by atoms with Crippen molar-refractivity contribution in [1.82, 2.24) is 9.97 Å². The summed E-state index contributed by atoms with van der Waals surface area (Å²) in [5.41, 5.74) is 1.08. The van der Waals surface area contributed by atoms with Crippen molar-refractivity contribution in [3.8, 4) is 11.5 Å². The summed E-state index contributed by atoms with van der Waals surface area (Å²) in [6.45, 7) is 3.75. The molecule has 2 atom stereocenters. The van der Waals surface area contributed by atoms with Crippen LogP contribution in [0.3, 0.4) is 0 Å². The lowest BCUT2D eigenvalue weighted by atomic mass is 10.1. The van der Waals surface area contributed by atoms with Gasteiger partial charge in [-0.15, -0.1) is 0 Å². The van der Waals surface area contributed by atoms with Crippen LogP contribution in [0.25, 0.3) is 10.9 Å². The Morgan fingerprint density at radius 3 is 2.61 bits per heavy atom. The highest BCUT2D eigenvalue weighted by Gasteiger charge is 2.33. The van der Waals surface area contributed by atoms with E-state index in [1.165, 1.54) is 13.0 Å². The van der Waals surface area contributed by atoms with Crippen LogP contribution in [0.15, 0.2) is 30.3 Å². The molecule has 2 unspecified atom stereocenters. The third kappa shape index (κ3) is 5.16. The number of nitrogens with one attached hydrogen (secondary N) is 1. The number of ether oxygens (including phenoxy) is 3. The van der Waals surface area contributed by atoms with E-state index < -0.39 is 12.0 Å². The zero-order valence-corrected chi connectivity index (χ0v) is 19.3. The highest BCUT2D eigenvalue weighted by molar-refractivity contribution is 5.91. The van der Waals surface area contributed by atoms with Crippen LogP contribution in [0.4, 0.5) is 14.6 Å². The van der Waals surface area contributed by atoms with Crippen LogP contribution >= 0.6 is 0 Å². The van der Waals surface area contributed by atoms with Crippen LogP contribution in [0.1, 0.15) is 42.9 Å². The maximum absolute atomic E-state index is 14.7. The van der Waals surface area contributed by atoms with E-state index in [9.17, 15) is 8.78 Å². The lowest BCUT2D eigenvalue weighted by Crippen LogP contribution is -2.25. The first kappa shape index (κ1) is 23.2. The van der Waals surface area contributed by atoms with Crippen molar-refractivity contribution >= 4 is 16.7 Å². The molecule has 0 amide bonds. The van der Waals surface area contributed by atoms with Crippen molar-refractivity contribution < 1.29 is 23.0 Å². The molecule has 0 radical (unpaired) electrons. The fourth-order valence-corrected chi connectivity index (χ4v) is 3.92. The second-order valence-corrected chi connectivity index (χ2v) is 8.38. The maximum atomic E-state index is 14.7. The number of hydrogen-bond acceptors (Lipinski definition) is 6. The average molecular weight is 458 g/mol. The van der Waals surface area contributed by atoms with Gasteiger partial charge in [0.1, 0.15) is 29.7 Å². The van der Waals surface area contributed by atoms with Gasteiger partial charge in [0.2, 0.25) is 0 Å². The predicted molar refractivity (Wildman–Crippen MR) is 123 cm³/mol. The van der Waals surface area contributed by atoms with Crippen molar-refractivity contribution in [1.29, 1.82) is 0 Å². The normalized spacial score (nSPS) is 15.3. The molecule has 1 aromatic heterocycles. The summed E-state index contributed by atoms with van der Waals surface area (Å²) in [6, 6.07) is 8.40. The lowest BCUT2D eigenvalue weighted by molar-refractivity contribution is 0.0658. The van der Waals surface area contributed by atoms with Gasteiger partial charge in [-0.2, -0.15) is 0 Å². The zero-order chi connectivity index (χ0) is 23.5. The van der Waals surface area contributed by atoms with E-state index in [4.69, 9.17) is 14.2 Å². The summed E-state index contributed by atoms with van der Waals surface area (Å²) in [4.78, 5) is 9.05. The summed E-state index contributed by atoms with van der Waals surface area (Å²) in [7, 11) is 3.25. The smallest absolute Gasteiger partial charge is 0.162 e. The molecule has 33 heavy (non-hydrogen) atoms. The van der Waals surface area contributed by atoms with Crippen molar-refractivity contribution in [2.75, 3.05) is 26.1 Å². The Morgan fingerprint density at radius 1 is 1.15 bits per heavy atom. The van der Waals surface area contributed by atoms with Crippen LogP contribution in [-0.4, -0.2) is 36.9 Å². The highest BCUT2D eigenvalue weighted by atomic mass is 19.1. The van der Waals surface area contributed by atoms with E-state index in [2.05, 4.69) is 15.3 Å². The molecule has 1 heterocycles. The molecule has 0 bridgehead atoms. The molecule has 1 saturated carbocycles. The van der Waals surface area contributed by atoms with Gasteiger partial charge in [-0.3, -0.25) is 0 Å². The number of fused-ring (bicyclic) bond motifs is 1. The molecule has 1 N–H and O–H groups in total. The minimum atomic E-state index is -1.38. The van der Waals surface area contributed by atoms with Gasteiger partial charge in [-0.05, 0) is 38.7 Å². The summed E-state index contributed by atoms with van der Waals surface area (Å²) < 4.78 is 45.6. The number of rotatable bonds is 10. The monoisotopic (exact) mass is 457 g/mol. The number of aromatic nitrogens is 2. The molecule has 1 aliphatic carbocycles. The second-order valence-electron chi connectivity index (χ2n) is 8.38. The SMILES string of the molecule is COCC(Oc1cc2c(NCc3cccc(C(C)F)c3F)nc(C)nc2cc1OC)C1CC1. The van der Waals surface area contributed by atoms with E-state index in [1.54, 1.807) is 33.3 Å². The maximum Gasteiger partial charge on any atom is 0.162 e. The van der Waals surface area contributed by atoms with Crippen LogP contribution in [-0.2, 0) is 11.3 Å². The minimum Gasteiger partial charge on any atom is -0.493 e. The molecule has 2 aromatic carbocycles. The Kier molecular flexibility index (Phi) is 6.93. The van der Waals surface area contributed by atoms with Gasteiger partial charge < -0.3 is 19.5 Å². The van der Waals surface area contributed by atoms with Gasteiger partial charge in [-0.25, -0.2) is 18.7 Å². The van der Waals surface area contributed by atoms with E-state index in [0.29, 0.717) is 46.7 Å². The first-order valence-electron chi connectivity index (χ1n) is 11.1. The van der Waals surface area contributed by atoms with Crippen LogP contribution in [0.2, 0.25) is 0 Å². The number of benzene rings is 2. The largest absolute Gasteiger partial charge is 0.493 e. The van der Waals surface area contributed by atoms with Crippen LogP contribution in [0.5, 0.6) is 11.5 Å². The van der Waals surface area contributed by atoms with E-state index in [0.717, 1.165) is 18.2 Å². The molecule has 6 nitrogen and oxygen atoms in total. The van der Waals surface area contributed by atoms with Crippen LogP contribution in [0, 0.1) is 18.7 Å². The Labute approximate surface area is 192 Å². The van der Waals surface area contributed by atoms with E-state index in [1.807, 2.05) is 12.1 Å². The fourth-order valence-electron chi connectivity index (χ4n) is 3.92. The third-order valence-corrected chi connectivity index (χ3v) is 5.83. The number of nitrogens with zero attached hydrogens (tertiary/aromatic N) is 2. The molecule has 176 valence electrons. The molecule has 1 fully saturated rings.